The summed E-state index contributed by atoms with van der Waals surface area (Å²) < 4.78 is 5.38. The number of amides is 1. The Kier molecular flexibility index (Phi) is 6.09. The Labute approximate surface area is 186 Å². The number of aliphatic imine (C=N–C) groups is 1. The largest absolute Gasteiger partial charge is 0.415 e. The van der Waals surface area contributed by atoms with Crippen molar-refractivity contribution in [1.82, 2.24) is 9.80 Å². The maximum Gasteiger partial charge on any atom is 0.415 e. The third-order valence-corrected chi connectivity index (χ3v) is 5.38. The molecule has 4 rings (SSSR count). The number of para-hydroxylation sites is 1. The topological polar surface area (TPSA) is 57.2 Å². The van der Waals surface area contributed by atoms with Crippen LogP contribution in [0.5, 0.6) is 0 Å². The summed E-state index contributed by atoms with van der Waals surface area (Å²) in [5.41, 5.74) is 3.67. The molecule has 7 heteroatoms. The van der Waals surface area contributed by atoms with Crippen LogP contribution in [0.15, 0.2) is 84.6 Å². The number of piperazine rings is 1. The van der Waals surface area contributed by atoms with Crippen LogP contribution in [0.3, 0.4) is 0 Å². The van der Waals surface area contributed by atoms with Gasteiger partial charge in [-0.3, -0.25) is 0 Å². The highest BCUT2D eigenvalue weighted by molar-refractivity contribution is 6.31. The van der Waals surface area contributed by atoms with Crippen LogP contribution in [0.25, 0.3) is 0 Å². The van der Waals surface area contributed by atoms with Crippen LogP contribution in [-0.2, 0) is 4.74 Å². The Morgan fingerprint density at radius 3 is 2.61 bits per heavy atom. The molecule has 6 nitrogen and oxygen atoms in total. The highest BCUT2D eigenvalue weighted by Gasteiger charge is 2.27. The number of benzene rings is 2. The SMILES string of the molecule is C=C/C=C(\C=C)OC(=O)N1CCN(C2=Nc3cc(Cl)ccc3Nc3ccccc32)CC1. The predicted octanol–water partition coefficient (Wildman–Crippen LogP) is 5.49. The molecule has 1 N–H and O–H groups in total. The molecule has 0 radical (unpaired) electrons. The van der Waals surface area contributed by atoms with Gasteiger partial charge in [0, 0.05) is 42.5 Å². The summed E-state index contributed by atoms with van der Waals surface area (Å²) in [6, 6.07) is 13.7. The zero-order chi connectivity index (χ0) is 21.8. The molecule has 2 heterocycles. The molecule has 0 atom stereocenters. The first-order chi connectivity index (χ1) is 15.1. The number of allylic oxidation sites excluding steroid dienone is 3. The average Bonchev–Trinajstić information content (AvgIpc) is 2.95. The normalized spacial score (nSPS) is 15.6. The van der Waals surface area contributed by atoms with Crippen molar-refractivity contribution in [3.8, 4) is 0 Å². The zero-order valence-corrected chi connectivity index (χ0v) is 17.8. The van der Waals surface area contributed by atoms with Crippen LogP contribution in [-0.4, -0.2) is 47.9 Å². The number of rotatable bonds is 3. The summed E-state index contributed by atoms with van der Waals surface area (Å²) in [4.78, 5) is 21.3. The van der Waals surface area contributed by atoms with E-state index in [1.54, 1.807) is 17.1 Å². The first-order valence-electron chi connectivity index (χ1n) is 10.0. The molecule has 158 valence electrons. The van der Waals surface area contributed by atoms with Gasteiger partial charge in [-0.1, -0.05) is 43.0 Å². The van der Waals surface area contributed by atoms with E-state index in [0.29, 0.717) is 37.0 Å². The number of anilines is 2. The van der Waals surface area contributed by atoms with Gasteiger partial charge in [0.05, 0.1) is 11.4 Å². The maximum atomic E-state index is 12.5. The number of hydrogen-bond donors (Lipinski definition) is 1. The quantitative estimate of drug-likeness (QED) is 0.513. The Morgan fingerprint density at radius 1 is 1.10 bits per heavy atom. The number of carbonyl (C=O) groups is 1. The molecule has 31 heavy (non-hydrogen) atoms. The van der Waals surface area contributed by atoms with Gasteiger partial charge >= 0.3 is 6.09 Å². The average molecular weight is 435 g/mol. The lowest BCUT2D eigenvalue weighted by atomic mass is 10.1. The van der Waals surface area contributed by atoms with Crippen molar-refractivity contribution in [2.24, 2.45) is 4.99 Å². The third-order valence-electron chi connectivity index (χ3n) is 5.15. The van der Waals surface area contributed by atoms with E-state index >= 15 is 0 Å². The molecule has 1 saturated heterocycles. The molecule has 2 aliphatic rings. The summed E-state index contributed by atoms with van der Waals surface area (Å²) >= 11 is 6.22. The Bertz CT molecular complexity index is 1080. The van der Waals surface area contributed by atoms with Crippen molar-refractivity contribution in [2.75, 3.05) is 31.5 Å². The van der Waals surface area contributed by atoms with E-state index in [0.717, 1.165) is 28.5 Å². The predicted molar refractivity (Wildman–Crippen MR) is 125 cm³/mol. The number of halogens is 1. The monoisotopic (exact) mass is 434 g/mol. The highest BCUT2D eigenvalue weighted by atomic mass is 35.5. The number of fused-ring (bicyclic) bond motifs is 2. The van der Waals surface area contributed by atoms with Gasteiger partial charge in [-0.2, -0.15) is 0 Å². The lowest BCUT2D eigenvalue weighted by Gasteiger charge is -2.36. The van der Waals surface area contributed by atoms with E-state index in [9.17, 15) is 4.79 Å². The first-order valence-corrected chi connectivity index (χ1v) is 10.4. The minimum absolute atomic E-state index is 0.379. The van der Waals surface area contributed by atoms with Crippen molar-refractivity contribution in [3.05, 3.63) is 90.2 Å². The van der Waals surface area contributed by atoms with Gasteiger partial charge < -0.3 is 19.9 Å². The first kappa shape index (κ1) is 20.8. The minimum atomic E-state index is -0.394. The lowest BCUT2D eigenvalue weighted by molar-refractivity contribution is 0.113. The van der Waals surface area contributed by atoms with E-state index < -0.39 is 6.09 Å². The second-order valence-electron chi connectivity index (χ2n) is 7.12. The fraction of sp³-hybridized carbons (Fsp3) is 0.167. The van der Waals surface area contributed by atoms with Gasteiger partial charge in [-0.15, -0.1) is 0 Å². The number of amidine groups is 1. The molecule has 0 bridgehead atoms. The number of hydrogen-bond acceptors (Lipinski definition) is 5. The van der Waals surface area contributed by atoms with Crippen LogP contribution in [0, 0.1) is 0 Å². The number of ether oxygens (including phenoxy) is 1. The molecule has 0 aliphatic carbocycles. The summed E-state index contributed by atoms with van der Waals surface area (Å²) in [6.07, 6.45) is 4.26. The van der Waals surface area contributed by atoms with Crippen molar-refractivity contribution in [2.45, 2.75) is 0 Å². The zero-order valence-electron chi connectivity index (χ0n) is 17.1. The van der Waals surface area contributed by atoms with Crippen LogP contribution in [0.2, 0.25) is 5.02 Å². The van der Waals surface area contributed by atoms with Gasteiger partial charge in [0.1, 0.15) is 11.6 Å². The van der Waals surface area contributed by atoms with Gasteiger partial charge in [0.2, 0.25) is 0 Å². The van der Waals surface area contributed by atoms with E-state index in [1.807, 2.05) is 42.5 Å². The molecule has 2 aliphatic heterocycles. The van der Waals surface area contributed by atoms with Gasteiger partial charge in [-0.25, -0.2) is 9.79 Å². The van der Waals surface area contributed by atoms with Crippen molar-refractivity contribution in [3.63, 3.8) is 0 Å². The number of nitrogens with zero attached hydrogens (tertiary/aromatic N) is 3. The highest BCUT2D eigenvalue weighted by Crippen LogP contribution is 2.36. The van der Waals surface area contributed by atoms with Gasteiger partial charge in [-0.05, 0) is 42.5 Å². The summed E-state index contributed by atoms with van der Waals surface area (Å²) in [5, 5.41) is 4.09. The van der Waals surface area contributed by atoms with Gasteiger partial charge in [0.15, 0.2) is 0 Å². The standard InChI is InChI=1S/C24H23ClN4O2/c1-3-7-18(4-2)31-24(30)29-14-12-28(13-15-29)23-19-8-5-6-9-20(19)26-21-11-10-17(25)16-22(21)27-23/h3-11,16,26H,1-2,12-15H2/b18-7+. The Morgan fingerprint density at radius 2 is 1.87 bits per heavy atom. The fourth-order valence-electron chi connectivity index (χ4n) is 3.58. The van der Waals surface area contributed by atoms with E-state index in [1.165, 1.54) is 6.08 Å². The van der Waals surface area contributed by atoms with Crippen molar-refractivity contribution in [1.29, 1.82) is 0 Å². The Hall–Kier alpha value is -3.51. The van der Waals surface area contributed by atoms with Crippen LogP contribution in [0.1, 0.15) is 5.56 Å². The molecular formula is C24H23ClN4O2. The second-order valence-corrected chi connectivity index (χ2v) is 7.55. The summed E-state index contributed by atoms with van der Waals surface area (Å²) in [5.74, 6) is 1.24. The van der Waals surface area contributed by atoms with Crippen molar-refractivity contribution >= 4 is 40.6 Å². The van der Waals surface area contributed by atoms with Crippen LogP contribution < -0.4 is 5.32 Å². The molecule has 1 fully saturated rings. The number of carbonyl (C=O) groups excluding carboxylic acids is 1. The van der Waals surface area contributed by atoms with E-state index in [2.05, 4.69) is 23.4 Å². The minimum Gasteiger partial charge on any atom is -0.410 e. The van der Waals surface area contributed by atoms with E-state index in [-0.39, 0.29) is 0 Å². The van der Waals surface area contributed by atoms with Crippen molar-refractivity contribution < 1.29 is 9.53 Å². The second kappa shape index (κ2) is 9.10. The van der Waals surface area contributed by atoms with Crippen LogP contribution in [0.4, 0.5) is 21.9 Å². The lowest BCUT2D eigenvalue weighted by Crippen LogP contribution is -2.50. The third kappa shape index (κ3) is 4.49. The summed E-state index contributed by atoms with van der Waals surface area (Å²) in [7, 11) is 0. The van der Waals surface area contributed by atoms with Gasteiger partial charge in [0.25, 0.3) is 0 Å². The number of nitrogens with one attached hydrogen (secondary N) is 1. The summed E-state index contributed by atoms with van der Waals surface area (Å²) in [6.45, 7) is 9.58. The maximum absolute atomic E-state index is 12.5. The van der Waals surface area contributed by atoms with E-state index in [4.69, 9.17) is 21.3 Å². The molecule has 1 amide bonds. The Balaban J connectivity index is 1.56. The molecule has 0 unspecified atom stereocenters. The smallest absolute Gasteiger partial charge is 0.410 e. The molecule has 0 spiro atoms. The molecule has 2 aromatic carbocycles. The molecule has 0 aromatic heterocycles. The molecule has 0 saturated carbocycles. The van der Waals surface area contributed by atoms with Crippen LogP contribution >= 0.6 is 11.6 Å². The molecule has 2 aromatic rings. The fourth-order valence-corrected chi connectivity index (χ4v) is 3.74. The molecular weight excluding hydrogens is 412 g/mol.